The van der Waals surface area contributed by atoms with Gasteiger partial charge in [-0.3, -0.25) is 9.89 Å². The molecule has 0 aromatic carbocycles. The summed E-state index contributed by atoms with van der Waals surface area (Å²) >= 11 is 0. The highest BCUT2D eigenvalue weighted by atomic mass is 16.1. The van der Waals surface area contributed by atoms with Crippen LogP contribution in [0.3, 0.4) is 0 Å². The Labute approximate surface area is 76.7 Å². The van der Waals surface area contributed by atoms with E-state index in [1.165, 1.54) is 6.20 Å². The van der Waals surface area contributed by atoms with Gasteiger partial charge in [-0.1, -0.05) is 0 Å². The van der Waals surface area contributed by atoms with Gasteiger partial charge in [0.05, 0.1) is 0 Å². The molecule has 0 aliphatic heterocycles. The highest BCUT2D eigenvalue weighted by Gasteiger charge is 2.03. The van der Waals surface area contributed by atoms with Crippen LogP contribution in [0.1, 0.15) is 23.3 Å². The number of rotatable bonds is 4. The van der Waals surface area contributed by atoms with Crippen molar-refractivity contribution in [2.75, 3.05) is 6.54 Å². The van der Waals surface area contributed by atoms with E-state index in [-0.39, 0.29) is 5.91 Å². The topological polar surface area (TPSA) is 57.8 Å². The fraction of sp³-hybridized carbons (Fsp3) is 0.333. The molecule has 4 nitrogen and oxygen atoms in total. The maximum atomic E-state index is 11.2. The Morgan fingerprint density at radius 3 is 3.23 bits per heavy atom. The van der Waals surface area contributed by atoms with Crippen molar-refractivity contribution in [3.8, 4) is 12.3 Å². The van der Waals surface area contributed by atoms with Gasteiger partial charge in [0, 0.05) is 19.2 Å². The quantitative estimate of drug-likeness (QED) is 0.521. The predicted octanol–water partition coefficient (Wildman–Crippen LogP) is 0.553. The predicted molar refractivity (Wildman–Crippen MR) is 49.0 cm³/mol. The number of amides is 1. The van der Waals surface area contributed by atoms with E-state index in [4.69, 9.17) is 6.42 Å². The van der Waals surface area contributed by atoms with Crippen LogP contribution in [-0.2, 0) is 0 Å². The van der Waals surface area contributed by atoms with Crippen LogP contribution in [0.15, 0.2) is 12.3 Å². The first-order chi connectivity index (χ1) is 6.34. The maximum Gasteiger partial charge on any atom is 0.269 e. The molecule has 1 rings (SSSR count). The zero-order chi connectivity index (χ0) is 9.52. The molecule has 0 saturated heterocycles. The molecule has 0 saturated carbocycles. The average Bonchev–Trinajstić information content (AvgIpc) is 2.65. The molecular formula is C9H11N3O. The summed E-state index contributed by atoms with van der Waals surface area (Å²) in [6, 6.07) is 1.62. The molecule has 68 valence electrons. The Balaban J connectivity index is 2.24. The van der Waals surface area contributed by atoms with Gasteiger partial charge in [-0.2, -0.15) is 5.10 Å². The summed E-state index contributed by atoms with van der Waals surface area (Å²) in [6.45, 7) is 0.599. The lowest BCUT2D eigenvalue weighted by Crippen LogP contribution is -2.24. The van der Waals surface area contributed by atoms with Gasteiger partial charge in [-0.15, -0.1) is 12.3 Å². The van der Waals surface area contributed by atoms with E-state index in [9.17, 15) is 4.79 Å². The van der Waals surface area contributed by atoms with E-state index in [2.05, 4.69) is 21.4 Å². The highest BCUT2D eigenvalue weighted by molar-refractivity contribution is 5.91. The molecule has 1 amide bonds. The largest absolute Gasteiger partial charge is 0.351 e. The molecule has 1 aromatic heterocycles. The molecular weight excluding hydrogens is 166 g/mol. The molecule has 0 radical (unpaired) electrons. The Bertz CT molecular complexity index is 297. The lowest BCUT2D eigenvalue weighted by atomic mass is 10.3. The van der Waals surface area contributed by atoms with E-state index >= 15 is 0 Å². The van der Waals surface area contributed by atoms with Gasteiger partial charge in [0.25, 0.3) is 5.91 Å². The monoisotopic (exact) mass is 177 g/mol. The van der Waals surface area contributed by atoms with Gasteiger partial charge in [-0.25, -0.2) is 0 Å². The van der Waals surface area contributed by atoms with E-state index in [0.717, 1.165) is 6.42 Å². The average molecular weight is 177 g/mol. The van der Waals surface area contributed by atoms with Gasteiger partial charge in [0.15, 0.2) is 0 Å². The van der Waals surface area contributed by atoms with Crippen molar-refractivity contribution in [3.63, 3.8) is 0 Å². The lowest BCUT2D eigenvalue weighted by molar-refractivity contribution is 0.0948. The van der Waals surface area contributed by atoms with Crippen LogP contribution in [0.2, 0.25) is 0 Å². The molecule has 1 heterocycles. The lowest BCUT2D eigenvalue weighted by Gasteiger charge is -2.00. The van der Waals surface area contributed by atoms with E-state index < -0.39 is 0 Å². The summed E-state index contributed by atoms with van der Waals surface area (Å²) < 4.78 is 0. The minimum Gasteiger partial charge on any atom is -0.351 e. The molecule has 0 unspecified atom stereocenters. The molecule has 0 fully saturated rings. The van der Waals surface area contributed by atoms with Crippen LogP contribution < -0.4 is 5.32 Å². The number of carbonyl (C=O) groups excluding carboxylic acids is 1. The highest BCUT2D eigenvalue weighted by Crippen LogP contribution is 1.91. The summed E-state index contributed by atoms with van der Waals surface area (Å²) in [6.07, 6.45) is 8.08. The van der Waals surface area contributed by atoms with Gasteiger partial charge in [0.2, 0.25) is 0 Å². The first kappa shape index (κ1) is 9.33. The van der Waals surface area contributed by atoms with Gasteiger partial charge in [0.1, 0.15) is 5.69 Å². The van der Waals surface area contributed by atoms with Crippen LogP contribution in [0.4, 0.5) is 0 Å². The fourth-order valence-electron chi connectivity index (χ4n) is 0.870. The van der Waals surface area contributed by atoms with Crippen LogP contribution in [-0.4, -0.2) is 22.6 Å². The second-order valence-electron chi connectivity index (χ2n) is 2.53. The third kappa shape index (κ3) is 2.99. The van der Waals surface area contributed by atoms with Crippen molar-refractivity contribution in [3.05, 3.63) is 18.0 Å². The zero-order valence-electron chi connectivity index (χ0n) is 7.21. The molecule has 0 spiro atoms. The van der Waals surface area contributed by atoms with Crippen LogP contribution in [0, 0.1) is 12.3 Å². The standard InChI is InChI=1S/C9H11N3O/c1-2-3-4-6-10-9(13)8-5-7-11-12-8/h1,5,7H,3-4,6H2,(H,10,13)(H,11,12). The number of nitrogens with one attached hydrogen (secondary N) is 2. The third-order valence-corrected chi connectivity index (χ3v) is 1.53. The van der Waals surface area contributed by atoms with E-state index in [1.54, 1.807) is 6.07 Å². The number of terminal acetylenes is 1. The minimum absolute atomic E-state index is 0.144. The number of aromatic amines is 1. The van der Waals surface area contributed by atoms with Crippen molar-refractivity contribution >= 4 is 5.91 Å². The summed E-state index contributed by atoms with van der Waals surface area (Å²) in [5, 5.41) is 8.96. The number of aromatic nitrogens is 2. The van der Waals surface area contributed by atoms with E-state index in [0.29, 0.717) is 18.7 Å². The summed E-state index contributed by atoms with van der Waals surface area (Å²) in [5.74, 6) is 2.36. The van der Waals surface area contributed by atoms with Crippen molar-refractivity contribution < 1.29 is 4.79 Å². The molecule has 13 heavy (non-hydrogen) atoms. The number of unbranched alkanes of at least 4 members (excludes halogenated alkanes) is 1. The minimum atomic E-state index is -0.144. The third-order valence-electron chi connectivity index (χ3n) is 1.53. The Hall–Kier alpha value is -1.76. The number of H-pyrrole nitrogens is 1. The number of hydrogen-bond acceptors (Lipinski definition) is 2. The molecule has 1 aromatic rings. The van der Waals surface area contributed by atoms with Crippen LogP contribution >= 0.6 is 0 Å². The van der Waals surface area contributed by atoms with Gasteiger partial charge >= 0.3 is 0 Å². The maximum absolute atomic E-state index is 11.2. The van der Waals surface area contributed by atoms with E-state index in [1.807, 2.05) is 0 Å². The van der Waals surface area contributed by atoms with Crippen LogP contribution in [0.25, 0.3) is 0 Å². The summed E-state index contributed by atoms with van der Waals surface area (Å²) in [7, 11) is 0. The SMILES string of the molecule is C#CCCCNC(=O)c1ccn[nH]1. The Morgan fingerprint density at radius 2 is 2.62 bits per heavy atom. The number of nitrogens with zero attached hydrogens (tertiary/aromatic N) is 1. The smallest absolute Gasteiger partial charge is 0.269 e. The molecule has 0 bridgehead atoms. The Kier molecular flexibility index (Phi) is 3.58. The van der Waals surface area contributed by atoms with Crippen molar-refractivity contribution in [1.82, 2.24) is 15.5 Å². The Morgan fingerprint density at radius 1 is 1.77 bits per heavy atom. The van der Waals surface area contributed by atoms with Crippen molar-refractivity contribution in [2.45, 2.75) is 12.8 Å². The second-order valence-corrected chi connectivity index (χ2v) is 2.53. The van der Waals surface area contributed by atoms with Gasteiger partial charge in [-0.05, 0) is 12.5 Å². The summed E-state index contributed by atoms with van der Waals surface area (Å²) in [5.41, 5.74) is 0.473. The van der Waals surface area contributed by atoms with Crippen LogP contribution in [0.5, 0.6) is 0 Å². The first-order valence-electron chi connectivity index (χ1n) is 4.05. The summed E-state index contributed by atoms with van der Waals surface area (Å²) in [4.78, 5) is 11.2. The van der Waals surface area contributed by atoms with Crippen molar-refractivity contribution in [1.29, 1.82) is 0 Å². The molecule has 0 aliphatic rings. The first-order valence-corrected chi connectivity index (χ1v) is 4.05. The molecule has 0 aliphatic carbocycles. The number of carbonyl (C=O) groups is 1. The molecule has 2 N–H and O–H groups in total. The molecule has 4 heteroatoms. The fourth-order valence-corrected chi connectivity index (χ4v) is 0.870. The number of hydrogen-bond donors (Lipinski definition) is 2. The second kappa shape index (κ2) is 4.99. The molecule has 0 atom stereocenters. The van der Waals surface area contributed by atoms with Crippen molar-refractivity contribution in [2.24, 2.45) is 0 Å². The normalized spacial score (nSPS) is 9.15. The van der Waals surface area contributed by atoms with Gasteiger partial charge < -0.3 is 5.32 Å². The zero-order valence-corrected chi connectivity index (χ0v) is 7.21.